The first-order valence-corrected chi connectivity index (χ1v) is 7.51. The molecule has 2 N–H and O–H groups in total. The Morgan fingerprint density at radius 1 is 1.09 bits per heavy atom. The van der Waals surface area contributed by atoms with Crippen LogP contribution in [0, 0.1) is 13.8 Å². The molecule has 1 aromatic carbocycles. The summed E-state index contributed by atoms with van der Waals surface area (Å²) in [6, 6.07) is 6.24. The molecule has 0 fully saturated rings. The van der Waals surface area contributed by atoms with Gasteiger partial charge in [-0.2, -0.15) is 20.1 Å². The SMILES string of the molecule is Cc1cc(C)cc(-n2ncc(CNc3cnn(CCO)c3)n2)c1. The topological polar surface area (TPSA) is 80.8 Å². The summed E-state index contributed by atoms with van der Waals surface area (Å²) in [5.41, 5.74) is 5.07. The standard InChI is InChI=1S/C16H20N6O/c1-12-5-13(2)7-16(6-12)22-19-9-14(20-22)8-17-15-10-18-21(11-15)3-4-23/h5-7,9-11,17,23H,3-4,8H2,1-2H3. The number of nitrogens with one attached hydrogen (secondary N) is 1. The molecule has 2 aromatic heterocycles. The van der Waals surface area contributed by atoms with Gasteiger partial charge in [-0.1, -0.05) is 6.07 Å². The predicted molar refractivity (Wildman–Crippen MR) is 87.5 cm³/mol. The van der Waals surface area contributed by atoms with Gasteiger partial charge in [0.05, 0.1) is 43.5 Å². The van der Waals surface area contributed by atoms with Crippen molar-refractivity contribution in [3.8, 4) is 5.69 Å². The van der Waals surface area contributed by atoms with Gasteiger partial charge < -0.3 is 10.4 Å². The largest absolute Gasteiger partial charge is 0.394 e. The molecular weight excluding hydrogens is 292 g/mol. The van der Waals surface area contributed by atoms with E-state index in [4.69, 9.17) is 5.11 Å². The maximum atomic E-state index is 8.88. The Bertz CT molecular complexity index is 771. The van der Waals surface area contributed by atoms with E-state index in [1.165, 1.54) is 11.1 Å². The number of anilines is 1. The van der Waals surface area contributed by atoms with E-state index in [-0.39, 0.29) is 6.61 Å². The van der Waals surface area contributed by atoms with Gasteiger partial charge in [-0.15, -0.1) is 0 Å². The highest BCUT2D eigenvalue weighted by Gasteiger charge is 2.05. The van der Waals surface area contributed by atoms with Crippen molar-refractivity contribution in [3.05, 3.63) is 53.6 Å². The minimum atomic E-state index is 0.0748. The van der Waals surface area contributed by atoms with Crippen LogP contribution in [0.5, 0.6) is 0 Å². The summed E-state index contributed by atoms with van der Waals surface area (Å²) in [7, 11) is 0. The number of aliphatic hydroxyl groups excluding tert-OH is 1. The van der Waals surface area contributed by atoms with Crippen LogP contribution >= 0.6 is 0 Å². The molecule has 0 aliphatic rings. The molecule has 2 heterocycles. The lowest BCUT2D eigenvalue weighted by molar-refractivity contribution is 0.269. The van der Waals surface area contributed by atoms with E-state index in [1.807, 2.05) is 6.20 Å². The molecule has 0 amide bonds. The molecule has 0 aliphatic carbocycles. The third kappa shape index (κ3) is 3.75. The molecule has 7 nitrogen and oxygen atoms in total. The Labute approximate surface area is 134 Å². The summed E-state index contributed by atoms with van der Waals surface area (Å²) >= 11 is 0. The number of rotatable bonds is 6. The summed E-state index contributed by atoms with van der Waals surface area (Å²) in [6.45, 7) is 5.25. The summed E-state index contributed by atoms with van der Waals surface area (Å²) in [5.74, 6) is 0. The van der Waals surface area contributed by atoms with Gasteiger partial charge in [-0.05, 0) is 37.1 Å². The van der Waals surface area contributed by atoms with Crippen LogP contribution in [0.25, 0.3) is 5.69 Å². The van der Waals surface area contributed by atoms with E-state index >= 15 is 0 Å². The van der Waals surface area contributed by atoms with E-state index in [0.717, 1.165) is 17.1 Å². The van der Waals surface area contributed by atoms with E-state index < -0.39 is 0 Å². The average molecular weight is 312 g/mol. The monoisotopic (exact) mass is 312 g/mol. The van der Waals surface area contributed by atoms with Crippen LogP contribution in [0.2, 0.25) is 0 Å². The van der Waals surface area contributed by atoms with Gasteiger partial charge in [0.1, 0.15) is 5.69 Å². The molecule has 120 valence electrons. The Morgan fingerprint density at radius 2 is 1.87 bits per heavy atom. The normalized spacial score (nSPS) is 10.9. The molecule has 0 unspecified atom stereocenters. The molecular formula is C16H20N6O. The van der Waals surface area contributed by atoms with Crippen LogP contribution in [0.15, 0.2) is 36.8 Å². The number of benzene rings is 1. The van der Waals surface area contributed by atoms with Crippen LogP contribution in [-0.2, 0) is 13.1 Å². The maximum Gasteiger partial charge on any atom is 0.102 e. The quantitative estimate of drug-likeness (QED) is 0.724. The Balaban J connectivity index is 1.67. The summed E-state index contributed by atoms with van der Waals surface area (Å²) in [5, 5.41) is 25.1. The smallest absolute Gasteiger partial charge is 0.102 e. The summed E-state index contributed by atoms with van der Waals surface area (Å²) in [6.07, 6.45) is 5.33. The Hall–Kier alpha value is -2.67. The second kappa shape index (κ2) is 6.62. The van der Waals surface area contributed by atoms with E-state index in [9.17, 15) is 0 Å². The zero-order valence-corrected chi connectivity index (χ0v) is 13.3. The number of hydrogen-bond donors (Lipinski definition) is 2. The zero-order chi connectivity index (χ0) is 16.2. The maximum absolute atomic E-state index is 8.88. The average Bonchev–Trinajstić information content (AvgIpc) is 3.13. The van der Waals surface area contributed by atoms with Gasteiger partial charge >= 0.3 is 0 Å². The summed E-state index contributed by atoms with van der Waals surface area (Å²) < 4.78 is 1.69. The van der Waals surface area contributed by atoms with Gasteiger partial charge in [-0.25, -0.2) is 0 Å². The van der Waals surface area contributed by atoms with Crippen molar-refractivity contribution in [2.45, 2.75) is 26.9 Å². The van der Waals surface area contributed by atoms with Crippen molar-refractivity contribution in [1.82, 2.24) is 24.8 Å². The third-order valence-corrected chi connectivity index (χ3v) is 3.41. The molecule has 3 aromatic rings. The molecule has 7 heteroatoms. The highest BCUT2D eigenvalue weighted by Crippen LogP contribution is 2.12. The number of nitrogens with zero attached hydrogens (tertiary/aromatic N) is 5. The van der Waals surface area contributed by atoms with Crippen LogP contribution in [0.1, 0.15) is 16.8 Å². The van der Waals surface area contributed by atoms with Crippen molar-refractivity contribution < 1.29 is 5.11 Å². The molecule has 0 saturated carbocycles. The van der Waals surface area contributed by atoms with Crippen molar-refractivity contribution in [3.63, 3.8) is 0 Å². The molecule has 23 heavy (non-hydrogen) atoms. The minimum Gasteiger partial charge on any atom is -0.394 e. The van der Waals surface area contributed by atoms with Crippen LogP contribution < -0.4 is 5.32 Å². The lowest BCUT2D eigenvalue weighted by Crippen LogP contribution is -2.03. The van der Waals surface area contributed by atoms with Gasteiger partial charge in [0.15, 0.2) is 0 Å². The van der Waals surface area contributed by atoms with Crippen LogP contribution in [-0.4, -0.2) is 36.5 Å². The van der Waals surface area contributed by atoms with E-state index in [0.29, 0.717) is 13.1 Å². The zero-order valence-electron chi connectivity index (χ0n) is 13.3. The molecule has 0 aliphatic heterocycles. The van der Waals surface area contributed by atoms with E-state index in [1.54, 1.807) is 21.9 Å². The third-order valence-electron chi connectivity index (χ3n) is 3.41. The first-order valence-electron chi connectivity index (χ1n) is 7.51. The van der Waals surface area contributed by atoms with Gasteiger partial charge in [-0.3, -0.25) is 4.68 Å². The number of hydrogen-bond acceptors (Lipinski definition) is 5. The van der Waals surface area contributed by atoms with Crippen molar-refractivity contribution in [1.29, 1.82) is 0 Å². The molecule has 0 spiro atoms. The minimum absolute atomic E-state index is 0.0748. The van der Waals surface area contributed by atoms with Crippen LogP contribution in [0.3, 0.4) is 0 Å². The first kappa shape index (κ1) is 15.2. The van der Waals surface area contributed by atoms with Gasteiger partial charge in [0.25, 0.3) is 0 Å². The molecule has 0 saturated heterocycles. The van der Waals surface area contributed by atoms with Crippen molar-refractivity contribution in [2.24, 2.45) is 0 Å². The molecule has 3 rings (SSSR count). The second-order valence-corrected chi connectivity index (χ2v) is 5.54. The first-order chi connectivity index (χ1) is 11.1. The summed E-state index contributed by atoms with van der Waals surface area (Å²) in [4.78, 5) is 1.65. The second-order valence-electron chi connectivity index (χ2n) is 5.54. The number of aromatic nitrogens is 5. The fourth-order valence-electron chi connectivity index (χ4n) is 2.44. The molecule has 0 bridgehead atoms. The Morgan fingerprint density at radius 3 is 2.61 bits per heavy atom. The molecule has 0 atom stereocenters. The highest BCUT2D eigenvalue weighted by atomic mass is 16.3. The number of aryl methyl sites for hydroxylation is 2. The highest BCUT2D eigenvalue weighted by molar-refractivity contribution is 5.39. The van der Waals surface area contributed by atoms with Crippen molar-refractivity contribution in [2.75, 3.05) is 11.9 Å². The van der Waals surface area contributed by atoms with Gasteiger partial charge in [0, 0.05) is 6.20 Å². The Kier molecular flexibility index (Phi) is 4.38. The lowest BCUT2D eigenvalue weighted by Gasteiger charge is -2.03. The van der Waals surface area contributed by atoms with Gasteiger partial charge in [0.2, 0.25) is 0 Å². The van der Waals surface area contributed by atoms with Crippen LogP contribution in [0.4, 0.5) is 5.69 Å². The fourth-order valence-corrected chi connectivity index (χ4v) is 2.44. The molecule has 0 radical (unpaired) electrons. The van der Waals surface area contributed by atoms with E-state index in [2.05, 4.69) is 52.7 Å². The lowest BCUT2D eigenvalue weighted by atomic mass is 10.1. The van der Waals surface area contributed by atoms with Crippen molar-refractivity contribution >= 4 is 5.69 Å². The number of aliphatic hydroxyl groups is 1. The fraction of sp³-hybridized carbons (Fsp3) is 0.312. The predicted octanol–water partition coefficient (Wildman–Crippen LogP) is 1.69.